The number of aromatic nitrogens is 4. The van der Waals surface area contributed by atoms with Gasteiger partial charge >= 0.3 is 0 Å². The van der Waals surface area contributed by atoms with Crippen LogP contribution >= 0.6 is 0 Å². The first-order valence-electron chi connectivity index (χ1n) is 8.50. The summed E-state index contributed by atoms with van der Waals surface area (Å²) >= 11 is 0. The number of hydrogen-bond acceptors (Lipinski definition) is 6. The van der Waals surface area contributed by atoms with Gasteiger partial charge in [-0.1, -0.05) is 6.07 Å². The van der Waals surface area contributed by atoms with Crippen molar-refractivity contribution in [3.05, 3.63) is 53.9 Å². The molecule has 1 aliphatic rings. The number of hydrogen-bond donors (Lipinski definition) is 1. The number of ether oxygens (including phenoxy) is 1. The van der Waals surface area contributed by atoms with Crippen molar-refractivity contribution < 1.29 is 9.53 Å². The summed E-state index contributed by atoms with van der Waals surface area (Å²) in [7, 11) is 1.79. The number of carbonyl (C=O) groups excluding carboxylic acids is 1. The molecule has 8 heteroatoms. The standard InChI is InChI=1S/C18H20N6O2/c1-12-3-4-15-22-13(10-24(15)9-12)18(25)23-7-8-26-14(11-23)16-17(19-2)21-6-5-20-16/h3-6,9-10,14H,7-8,11H2,1-2H3,(H,19,21)/t14-/m1/s1. The Morgan fingerprint density at radius 3 is 2.96 bits per heavy atom. The van der Waals surface area contributed by atoms with Crippen LogP contribution in [0, 0.1) is 6.92 Å². The van der Waals surface area contributed by atoms with Crippen molar-refractivity contribution in [3.63, 3.8) is 0 Å². The normalized spacial score (nSPS) is 17.5. The summed E-state index contributed by atoms with van der Waals surface area (Å²) in [6.07, 6.45) is 6.67. The van der Waals surface area contributed by atoms with Gasteiger partial charge in [-0.05, 0) is 18.6 Å². The van der Waals surface area contributed by atoms with Gasteiger partial charge < -0.3 is 19.4 Å². The van der Waals surface area contributed by atoms with E-state index in [1.165, 1.54) is 0 Å². The first kappa shape index (κ1) is 16.5. The molecular formula is C18H20N6O2. The maximum absolute atomic E-state index is 12.9. The summed E-state index contributed by atoms with van der Waals surface area (Å²) in [6.45, 7) is 3.40. The zero-order valence-electron chi connectivity index (χ0n) is 14.7. The molecule has 26 heavy (non-hydrogen) atoms. The average Bonchev–Trinajstić information content (AvgIpc) is 3.10. The fourth-order valence-corrected chi connectivity index (χ4v) is 3.14. The molecule has 0 radical (unpaired) electrons. The molecule has 0 spiro atoms. The molecule has 1 aliphatic heterocycles. The number of nitrogens with zero attached hydrogens (tertiary/aromatic N) is 5. The number of anilines is 1. The molecule has 0 saturated carbocycles. The van der Waals surface area contributed by atoms with Crippen molar-refractivity contribution in [1.82, 2.24) is 24.3 Å². The maximum Gasteiger partial charge on any atom is 0.274 e. The minimum Gasteiger partial charge on any atom is -0.372 e. The number of morpholine rings is 1. The van der Waals surface area contributed by atoms with Gasteiger partial charge in [-0.15, -0.1) is 0 Å². The monoisotopic (exact) mass is 352 g/mol. The third-order valence-electron chi connectivity index (χ3n) is 4.44. The topological polar surface area (TPSA) is 84.7 Å². The molecule has 0 bridgehead atoms. The smallest absolute Gasteiger partial charge is 0.274 e. The number of fused-ring (bicyclic) bond motifs is 1. The Labute approximate surface area is 150 Å². The maximum atomic E-state index is 12.9. The second kappa shape index (κ2) is 6.72. The largest absolute Gasteiger partial charge is 0.372 e. The second-order valence-corrected chi connectivity index (χ2v) is 6.25. The van der Waals surface area contributed by atoms with Crippen LogP contribution in [0.1, 0.15) is 27.8 Å². The highest BCUT2D eigenvalue weighted by Crippen LogP contribution is 2.25. The van der Waals surface area contributed by atoms with Gasteiger partial charge in [0, 0.05) is 38.4 Å². The highest BCUT2D eigenvalue weighted by atomic mass is 16.5. The van der Waals surface area contributed by atoms with Crippen LogP contribution < -0.4 is 5.32 Å². The van der Waals surface area contributed by atoms with E-state index in [4.69, 9.17) is 4.74 Å². The number of imidazole rings is 1. The van der Waals surface area contributed by atoms with Crippen LogP contribution in [0.25, 0.3) is 5.65 Å². The SMILES string of the molecule is CNc1nccnc1[C@H]1CN(C(=O)c2cn3cc(C)ccc3n2)CCO1. The molecule has 134 valence electrons. The van der Waals surface area contributed by atoms with E-state index in [1.54, 1.807) is 30.5 Å². The van der Waals surface area contributed by atoms with Gasteiger partial charge in [-0.3, -0.25) is 9.78 Å². The zero-order valence-corrected chi connectivity index (χ0v) is 14.7. The minimum absolute atomic E-state index is 0.102. The van der Waals surface area contributed by atoms with Crippen LogP contribution in [0.3, 0.4) is 0 Å². The van der Waals surface area contributed by atoms with Gasteiger partial charge in [0.2, 0.25) is 0 Å². The number of rotatable bonds is 3. The summed E-state index contributed by atoms with van der Waals surface area (Å²) in [6, 6.07) is 3.89. The molecule has 0 unspecified atom stereocenters. The molecular weight excluding hydrogens is 332 g/mol. The minimum atomic E-state index is -0.317. The lowest BCUT2D eigenvalue weighted by molar-refractivity contribution is -0.0246. The molecule has 1 atom stereocenters. The van der Waals surface area contributed by atoms with Crippen molar-refractivity contribution in [2.45, 2.75) is 13.0 Å². The fourth-order valence-electron chi connectivity index (χ4n) is 3.14. The lowest BCUT2D eigenvalue weighted by Gasteiger charge is -2.32. The Morgan fingerprint density at radius 2 is 2.12 bits per heavy atom. The molecule has 3 aromatic heterocycles. The number of amides is 1. The first-order chi connectivity index (χ1) is 12.7. The Hall–Kier alpha value is -3.00. The Kier molecular flexibility index (Phi) is 4.26. The van der Waals surface area contributed by atoms with E-state index < -0.39 is 0 Å². The molecule has 3 aromatic rings. The molecule has 1 N–H and O–H groups in total. The van der Waals surface area contributed by atoms with Crippen molar-refractivity contribution in [2.75, 3.05) is 32.1 Å². The number of nitrogens with one attached hydrogen (secondary N) is 1. The highest BCUT2D eigenvalue weighted by molar-refractivity contribution is 5.93. The van der Waals surface area contributed by atoms with Gasteiger partial charge in [-0.2, -0.15) is 0 Å². The van der Waals surface area contributed by atoms with Crippen LogP contribution in [0.15, 0.2) is 36.9 Å². The fraction of sp³-hybridized carbons (Fsp3) is 0.333. The van der Waals surface area contributed by atoms with E-state index >= 15 is 0 Å². The van der Waals surface area contributed by atoms with Crippen LogP contribution in [-0.2, 0) is 4.74 Å². The molecule has 0 aromatic carbocycles. The van der Waals surface area contributed by atoms with Crippen molar-refractivity contribution in [2.24, 2.45) is 0 Å². The quantitative estimate of drug-likeness (QED) is 0.772. The van der Waals surface area contributed by atoms with Gasteiger partial charge in [0.15, 0.2) is 0 Å². The molecule has 0 aliphatic carbocycles. The van der Waals surface area contributed by atoms with E-state index in [0.29, 0.717) is 36.9 Å². The Morgan fingerprint density at radius 1 is 1.27 bits per heavy atom. The highest BCUT2D eigenvalue weighted by Gasteiger charge is 2.29. The van der Waals surface area contributed by atoms with E-state index in [0.717, 1.165) is 11.2 Å². The average molecular weight is 352 g/mol. The summed E-state index contributed by atoms with van der Waals surface area (Å²) in [5.74, 6) is 0.560. The molecule has 4 heterocycles. The van der Waals surface area contributed by atoms with Gasteiger partial charge in [-0.25, -0.2) is 9.97 Å². The van der Waals surface area contributed by atoms with Crippen molar-refractivity contribution in [3.8, 4) is 0 Å². The van der Waals surface area contributed by atoms with Crippen LogP contribution in [0.2, 0.25) is 0 Å². The van der Waals surface area contributed by atoms with Crippen LogP contribution in [0.4, 0.5) is 5.82 Å². The third-order valence-corrected chi connectivity index (χ3v) is 4.44. The molecule has 1 saturated heterocycles. The Bertz CT molecular complexity index is 954. The van der Waals surface area contributed by atoms with E-state index in [1.807, 2.05) is 29.7 Å². The lowest BCUT2D eigenvalue weighted by atomic mass is 10.2. The zero-order chi connectivity index (χ0) is 18.1. The van der Waals surface area contributed by atoms with Gasteiger partial charge in [0.05, 0.1) is 13.2 Å². The van der Waals surface area contributed by atoms with Gasteiger partial charge in [0.1, 0.15) is 29.0 Å². The van der Waals surface area contributed by atoms with E-state index in [2.05, 4.69) is 20.3 Å². The first-order valence-corrected chi connectivity index (χ1v) is 8.50. The molecule has 1 amide bonds. The third kappa shape index (κ3) is 2.99. The molecule has 1 fully saturated rings. The second-order valence-electron chi connectivity index (χ2n) is 6.25. The number of carbonyl (C=O) groups is 1. The van der Waals surface area contributed by atoms with Crippen molar-refractivity contribution >= 4 is 17.4 Å². The predicted molar refractivity (Wildman–Crippen MR) is 96.1 cm³/mol. The summed E-state index contributed by atoms with van der Waals surface area (Å²) in [5, 5.41) is 3.02. The summed E-state index contributed by atoms with van der Waals surface area (Å²) in [5.41, 5.74) is 3.01. The predicted octanol–water partition coefficient (Wildman–Crippen LogP) is 1.69. The molecule has 4 rings (SSSR count). The van der Waals surface area contributed by atoms with Crippen LogP contribution in [-0.4, -0.2) is 56.9 Å². The van der Waals surface area contributed by atoms with Crippen LogP contribution in [0.5, 0.6) is 0 Å². The molecule has 8 nitrogen and oxygen atoms in total. The number of aryl methyl sites for hydroxylation is 1. The van der Waals surface area contributed by atoms with Gasteiger partial charge in [0.25, 0.3) is 5.91 Å². The Balaban J connectivity index is 1.57. The lowest BCUT2D eigenvalue weighted by Crippen LogP contribution is -2.42. The number of pyridine rings is 1. The summed E-state index contributed by atoms with van der Waals surface area (Å²) < 4.78 is 7.71. The van der Waals surface area contributed by atoms with E-state index in [-0.39, 0.29) is 12.0 Å². The van der Waals surface area contributed by atoms with E-state index in [9.17, 15) is 4.79 Å². The van der Waals surface area contributed by atoms with Crippen molar-refractivity contribution in [1.29, 1.82) is 0 Å². The summed E-state index contributed by atoms with van der Waals surface area (Å²) in [4.78, 5) is 27.8.